The van der Waals surface area contributed by atoms with Gasteiger partial charge in [-0.2, -0.15) is 0 Å². The van der Waals surface area contributed by atoms with Crippen molar-refractivity contribution in [1.29, 1.82) is 0 Å². The summed E-state index contributed by atoms with van der Waals surface area (Å²) in [5, 5.41) is 5.71. The molecule has 0 aromatic heterocycles. The van der Waals surface area contributed by atoms with Crippen LogP contribution in [0.25, 0.3) is 0 Å². The summed E-state index contributed by atoms with van der Waals surface area (Å²) in [4.78, 5) is 26.9. The minimum atomic E-state index is -0.235. The smallest absolute Gasteiger partial charge is 0.238 e. The molecule has 3 rings (SSSR count). The van der Waals surface area contributed by atoms with Crippen LogP contribution in [0.3, 0.4) is 0 Å². The van der Waals surface area contributed by atoms with Gasteiger partial charge in [0.25, 0.3) is 0 Å². The number of para-hydroxylation sites is 5. The number of amides is 2. The Labute approximate surface area is 188 Å². The van der Waals surface area contributed by atoms with Crippen molar-refractivity contribution >= 4 is 23.2 Å². The molecule has 3 aromatic carbocycles. The second kappa shape index (κ2) is 11.5. The SMILES string of the molecule is CCN(CC(=O)Nc1ccccc1OC)CC(=O)Nc1ccccc1Oc1ccccc1. The third-order valence-electron chi connectivity index (χ3n) is 4.69. The molecule has 0 fully saturated rings. The van der Waals surface area contributed by atoms with E-state index in [9.17, 15) is 9.59 Å². The van der Waals surface area contributed by atoms with Gasteiger partial charge in [0, 0.05) is 0 Å². The Morgan fingerprint density at radius 2 is 1.25 bits per heavy atom. The summed E-state index contributed by atoms with van der Waals surface area (Å²) in [5.74, 6) is 1.34. The Bertz CT molecular complexity index is 1040. The van der Waals surface area contributed by atoms with Crippen molar-refractivity contribution in [2.75, 3.05) is 37.4 Å². The second-order valence-corrected chi connectivity index (χ2v) is 7.01. The van der Waals surface area contributed by atoms with Gasteiger partial charge in [0.05, 0.1) is 31.6 Å². The molecule has 7 nitrogen and oxygen atoms in total. The fourth-order valence-electron chi connectivity index (χ4n) is 3.09. The lowest BCUT2D eigenvalue weighted by Crippen LogP contribution is -2.38. The Hall–Kier alpha value is -3.84. The lowest BCUT2D eigenvalue weighted by molar-refractivity contribution is -0.119. The Balaban J connectivity index is 1.58. The average molecular weight is 434 g/mol. The van der Waals surface area contributed by atoms with Crippen LogP contribution in [0.15, 0.2) is 78.9 Å². The van der Waals surface area contributed by atoms with Crippen molar-refractivity contribution in [1.82, 2.24) is 4.90 Å². The van der Waals surface area contributed by atoms with Crippen LogP contribution in [0.5, 0.6) is 17.2 Å². The van der Waals surface area contributed by atoms with E-state index in [0.29, 0.717) is 35.2 Å². The van der Waals surface area contributed by atoms with Crippen LogP contribution in [-0.4, -0.2) is 43.5 Å². The van der Waals surface area contributed by atoms with Crippen LogP contribution in [0.2, 0.25) is 0 Å². The molecule has 166 valence electrons. The van der Waals surface area contributed by atoms with Gasteiger partial charge in [0.2, 0.25) is 11.8 Å². The summed E-state index contributed by atoms with van der Waals surface area (Å²) in [7, 11) is 1.55. The number of ether oxygens (including phenoxy) is 2. The standard InChI is InChI=1S/C25H27N3O4/c1-3-28(17-24(29)26-20-13-7-9-15-22(20)31-2)18-25(30)27-21-14-8-10-16-23(21)32-19-11-5-4-6-12-19/h4-16H,3,17-18H2,1-2H3,(H,26,29)(H,27,30). The number of carbonyl (C=O) groups excluding carboxylic acids is 2. The van der Waals surface area contributed by atoms with Crippen molar-refractivity contribution < 1.29 is 19.1 Å². The van der Waals surface area contributed by atoms with E-state index in [1.165, 1.54) is 0 Å². The predicted octanol–water partition coefficient (Wildman–Crippen LogP) is 4.39. The van der Waals surface area contributed by atoms with E-state index in [4.69, 9.17) is 9.47 Å². The van der Waals surface area contributed by atoms with Gasteiger partial charge in [0.1, 0.15) is 11.5 Å². The average Bonchev–Trinajstić information content (AvgIpc) is 2.81. The number of rotatable bonds is 10. The molecule has 7 heteroatoms. The zero-order valence-electron chi connectivity index (χ0n) is 18.2. The highest BCUT2D eigenvalue weighted by Gasteiger charge is 2.16. The maximum atomic E-state index is 12.7. The molecule has 0 spiro atoms. The molecule has 0 aliphatic carbocycles. The third-order valence-corrected chi connectivity index (χ3v) is 4.69. The van der Waals surface area contributed by atoms with Crippen molar-refractivity contribution in [3.63, 3.8) is 0 Å². The van der Waals surface area contributed by atoms with E-state index in [1.807, 2.05) is 61.5 Å². The van der Waals surface area contributed by atoms with E-state index in [1.54, 1.807) is 36.3 Å². The highest BCUT2D eigenvalue weighted by molar-refractivity contribution is 5.96. The molecule has 0 aliphatic rings. The molecule has 0 bridgehead atoms. The van der Waals surface area contributed by atoms with Crippen LogP contribution >= 0.6 is 0 Å². The number of anilines is 2. The molecule has 0 saturated heterocycles. The second-order valence-electron chi connectivity index (χ2n) is 7.01. The molecule has 0 unspecified atom stereocenters. The molecule has 3 aromatic rings. The molecule has 2 amide bonds. The van der Waals surface area contributed by atoms with Gasteiger partial charge >= 0.3 is 0 Å². The molecule has 0 heterocycles. The van der Waals surface area contributed by atoms with E-state index in [-0.39, 0.29) is 24.9 Å². The zero-order chi connectivity index (χ0) is 22.8. The summed E-state index contributed by atoms with van der Waals surface area (Å²) >= 11 is 0. The minimum absolute atomic E-state index is 0.0650. The summed E-state index contributed by atoms with van der Waals surface area (Å²) in [6.07, 6.45) is 0. The lowest BCUT2D eigenvalue weighted by Gasteiger charge is -2.20. The van der Waals surface area contributed by atoms with Gasteiger partial charge < -0.3 is 20.1 Å². The first-order valence-corrected chi connectivity index (χ1v) is 10.4. The van der Waals surface area contributed by atoms with Gasteiger partial charge in [-0.25, -0.2) is 0 Å². The van der Waals surface area contributed by atoms with Crippen LogP contribution < -0.4 is 20.1 Å². The van der Waals surface area contributed by atoms with Crippen molar-refractivity contribution in [3.8, 4) is 17.2 Å². The fraction of sp³-hybridized carbons (Fsp3) is 0.200. The van der Waals surface area contributed by atoms with Gasteiger partial charge in [-0.05, 0) is 42.9 Å². The number of nitrogens with one attached hydrogen (secondary N) is 2. The molecule has 0 saturated carbocycles. The van der Waals surface area contributed by atoms with E-state index in [0.717, 1.165) is 0 Å². The van der Waals surface area contributed by atoms with Crippen LogP contribution in [-0.2, 0) is 9.59 Å². The van der Waals surface area contributed by atoms with Crippen LogP contribution in [0.4, 0.5) is 11.4 Å². The van der Waals surface area contributed by atoms with Gasteiger partial charge in [0.15, 0.2) is 5.75 Å². The summed E-state index contributed by atoms with van der Waals surface area (Å²) in [6.45, 7) is 2.57. The number of methoxy groups -OCH3 is 1. The summed E-state index contributed by atoms with van der Waals surface area (Å²) in [6, 6.07) is 23.8. The first-order chi connectivity index (χ1) is 15.6. The highest BCUT2D eigenvalue weighted by atomic mass is 16.5. The maximum Gasteiger partial charge on any atom is 0.238 e. The Morgan fingerprint density at radius 3 is 1.81 bits per heavy atom. The molecule has 0 aliphatic heterocycles. The number of hydrogen-bond acceptors (Lipinski definition) is 5. The number of nitrogens with zero attached hydrogens (tertiary/aromatic N) is 1. The first kappa shape index (κ1) is 22.8. The molecule has 2 N–H and O–H groups in total. The Kier molecular flexibility index (Phi) is 8.22. The molecule has 0 radical (unpaired) electrons. The van der Waals surface area contributed by atoms with Crippen LogP contribution in [0, 0.1) is 0 Å². The van der Waals surface area contributed by atoms with Crippen molar-refractivity contribution in [2.24, 2.45) is 0 Å². The predicted molar refractivity (Wildman–Crippen MR) is 125 cm³/mol. The topological polar surface area (TPSA) is 79.9 Å². The highest BCUT2D eigenvalue weighted by Crippen LogP contribution is 2.29. The van der Waals surface area contributed by atoms with E-state index < -0.39 is 0 Å². The van der Waals surface area contributed by atoms with Gasteiger partial charge in [-0.3, -0.25) is 14.5 Å². The molecule has 32 heavy (non-hydrogen) atoms. The summed E-state index contributed by atoms with van der Waals surface area (Å²) < 4.78 is 11.1. The van der Waals surface area contributed by atoms with E-state index in [2.05, 4.69) is 10.6 Å². The molecular weight excluding hydrogens is 406 g/mol. The number of carbonyl (C=O) groups is 2. The number of benzene rings is 3. The zero-order valence-corrected chi connectivity index (χ0v) is 18.2. The minimum Gasteiger partial charge on any atom is -0.495 e. The monoisotopic (exact) mass is 433 g/mol. The van der Waals surface area contributed by atoms with Crippen molar-refractivity contribution in [3.05, 3.63) is 78.9 Å². The quantitative estimate of drug-likeness (QED) is 0.496. The normalized spacial score (nSPS) is 10.5. The van der Waals surface area contributed by atoms with Gasteiger partial charge in [-0.1, -0.05) is 49.4 Å². The van der Waals surface area contributed by atoms with Crippen molar-refractivity contribution in [2.45, 2.75) is 6.92 Å². The summed E-state index contributed by atoms with van der Waals surface area (Å²) in [5.41, 5.74) is 1.16. The first-order valence-electron chi connectivity index (χ1n) is 10.4. The Morgan fingerprint density at radius 1 is 0.750 bits per heavy atom. The van der Waals surface area contributed by atoms with Crippen LogP contribution in [0.1, 0.15) is 6.92 Å². The maximum absolute atomic E-state index is 12.7. The number of hydrogen-bond donors (Lipinski definition) is 2. The fourth-order valence-corrected chi connectivity index (χ4v) is 3.09. The third kappa shape index (κ3) is 6.58. The largest absolute Gasteiger partial charge is 0.495 e. The number of likely N-dealkylation sites (N-methyl/N-ethyl adjacent to an activating group) is 1. The lowest BCUT2D eigenvalue weighted by atomic mass is 10.2. The molecule has 0 atom stereocenters. The van der Waals surface area contributed by atoms with E-state index >= 15 is 0 Å². The van der Waals surface area contributed by atoms with Gasteiger partial charge in [-0.15, -0.1) is 0 Å². The molecular formula is C25H27N3O4.